The van der Waals surface area contributed by atoms with E-state index in [0.29, 0.717) is 18.0 Å². The number of aryl methyl sites for hydroxylation is 1. The molecule has 1 N–H and O–H groups in total. The highest BCUT2D eigenvalue weighted by molar-refractivity contribution is 5.53. The standard InChI is InChI=1S/C15H19N3O3/c1-10-7-11(5-6-12(10)18(19)20)16-9-14-17-8-13(21-14)15(2,3)4/h5-8,16H,9H2,1-4H3. The molecule has 0 atom stereocenters. The maximum atomic E-state index is 10.8. The molecule has 1 aromatic carbocycles. The minimum Gasteiger partial charge on any atom is -0.443 e. The van der Waals surface area contributed by atoms with E-state index >= 15 is 0 Å². The molecule has 1 heterocycles. The summed E-state index contributed by atoms with van der Waals surface area (Å²) in [6, 6.07) is 4.91. The number of benzene rings is 1. The molecule has 0 saturated heterocycles. The van der Waals surface area contributed by atoms with E-state index in [2.05, 4.69) is 31.1 Å². The van der Waals surface area contributed by atoms with Crippen molar-refractivity contribution >= 4 is 11.4 Å². The Morgan fingerprint density at radius 1 is 1.38 bits per heavy atom. The molecule has 0 spiro atoms. The maximum absolute atomic E-state index is 10.8. The van der Waals surface area contributed by atoms with Crippen molar-refractivity contribution in [3.8, 4) is 0 Å². The summed E-state index contributed by atoms with van der Waals surface area (Å²) in [6.45, 7) is 8.33. The molecule has 0 aliphatic heterocycles. The van der Waals surface area contributed by atoms with Crippen LogP contribution in [0.4, 0.5) is 11.4 Å². The van der Waals surface area contributed by atoms with Gasteiger partial charge in [0.05, 0.1) is 17.7 Å². The second kappa shape index (κ2) is 5.55. The van der Waals surface area contributed by atoms with Gasteiger partial charge in [0.15, 0.2) is 0 Å². The Morgan fingerprint density at radius 2 is 2.10 bits per heavy atom. The number of hydrogen-bond acceptors (Lipinski definition) is 5. The Kier molecular flexibility index (Phi) is 3.97. The predicted molar refractivity (Wildman–Crippen MR) is 80.4 cm³/mol. The van der Waals surface area contributed by atoms with E-state index < -0.39 is 0 Å². The van der Waals surface area contributed by atoms with Gasteiger partial charge in [-0.3, -0.25) is 10.1 Å². The quantitative estimate of drug-likeness (QED) is 0.684. The molecular weight excluding hydrogens is 270 g/mol. The first-order valence-corrected chi connectivity index (χ1v) is 6.71. The Balaban J connectivity index is 2.05. The van der Waals surface area contributed by atoms with Crippen LogP contribution < -0.4 is 5.32 Å². The van der Waals surface area contributed by atoms with E-state index in [1.807, 2.05) is 0 Å². The SMILES string of the molecule is Cc1cc(NCc2ncc(C(C)(C)C)o2)ccc1[N+](=O)[O-]. The van der Waals surface area contributed by atoms with Crippen LogP contribution >= 0.6 is 0 Å². The normalized spacial score (nSPS) is 11.4. The lowest BCUT2D eigenvalue weighted by atomic mass is 9.94. The van der Waals surface area contributed by atoms with Gasteiger partial charge in [0.25, 0.3) is 5.69 Å². The molecule has 0 saturated carbocycles. The lowest BCUT2D eigenvalue weighted by molar-refractivity contribution is -0.385. The molecule has 0 unspecified atom stereocenters. The summed E-state index contributed by atoms with van der Waals surface area (Å²) in [4.78, 5) is 14.6. The van der Waals surface area contributed by atoms with Crippen molar-refractivity contribution in [1.29, 1.82) is 0 Å². The Hall–Kier alpha value is -2.37. The first kappa shape index (κ1) is 15.0. The molecule has 6 nitrogen and oxygen atoms in total. The molecule has 2 rings (SSSR count). The average Bonchev–Trinajstić information content (AvgIpc) is 2.84. The van der Waals surface area contributed by atoms with Gasteiger partial charge < -0.3 is 9.73 Å². The maximum Gasteiger partial charge on any atom is 0.272 e. The fraction of sp³-hybridized carbons (Fsp3) is 0.400. The monoisotopic (exact) mass is 289 g/mol. The van der Waals surface area contributed by atoms with Crippen molar-refractivity contribution in [2.45, 2.75) is 39.7 Å². The summed E-state index contributed by atoms with van der Waals surface area (Å²) >= 11 is 0. The van der Waals surface area contributed by atoms with Crippen molar-refractivity contribution in [3.05, 3.63) is 51.7 Å². The summed E-state index contributed by atoms with van der Waals surface area (Å²) in [7, 11) is 0. The molecule has 112 valence electrons. The Morgan fingerprint density at radius 3 is 2.62 bits per heavy atom. The van der Waals surface area contributed by atoms with Crippen LogP contribution in [0, 0.1) is 17.0 Å². The summed E-state index contributed by atoms with van der Waals surface area (Å²) in [5, 5.41) is 13.9. The highest BCUT2D eigenvalue weighted by atomic mass is 16.6. The number of aromatic nitrogens is 1. The van der Waals surface area contributed by atoms with Crippen LogP contribution in [0.25, 0.3) is 0 Å². The van der Waals surface area contributed by atoms with Crippen LogP contribution in [-0.4, -0.2) is 9.91 Å². The molecule has 21 heavy (non-hydrogen) atoms. The molecule has 0 aliphatic carbocycles. The van der Waals surface area contributed by atoms with Gasteiger partial charge in [-0.05, 0) is 19.1 Å². The molecule has 0 bridgehead atoms. The van der Waals surface area contributed by atoms with Crippen LogP contribution in [0.2, 0.25) is 0 Å². The Bertz CT molecular complexity index is 656. The van der Waals surface area contributed by atoms with E-state index in [-0.39, 0.29) is 16.0 Å². The van der Waals surface area contributed by atoms with Gasteiger partial charge in [-0.1, -0.05) is 20.8 Å². The number of rotatable bonds is 4. The van der Waals surface area contributed by atoms with E-state index in [9.17, 15) is 10.1 Å². The third kappa shape index (κ3) is 3.59. The van der Waals surface area contributed by atoms with E-state index in [0.717, 1.165) is 11.4 Å². The minimum absolute atomic E-state index is 0.0742. The van der Waals surface area contributed by atoms with Crippen LogP contribution in [-0.2, 0) is 12.0 Å². The second-order valence-electron chi connectivity index (χ2n) is 5.98. The molecular formula is C15H19N3O3. The Labute approximate surface area is 123 Å². The summed E-state index contributed by atoms with van der Waals surface area (Å²) < 4.78 is 5.68. The molecule has 2 aromatic rings. The number of nitro groups is 1. The highest BCUT2D eigenvalue weighted by Gasteiger charge is 2.19. The van der Waals surface area contributed by atoms with Crippen LogP contribution in [0.1, 0.15) is 38.0 Å². The van der Waals surface area contributed by atoms with E-state index in [1.165, 1.54) is 6.07 Å². The van der Waals surface area contributed by atoms with Crippen molar-refractivity contribution in [3.63, 3.8) is 0 Å². The summed E-state index contributed by atoms with van der Waals surface area (Å²) in [5.74, 6) is 1.43. The minimum atomic E-state index is -0.386. The molecule has 0 radical (unpaired) electrons. The number of nitro benzene ring substituents is 1. The molecule has 1 aromatic heterocycles. The van der Waals surface area contributed by atoms with E-state index in [4.69, 9.17) is 4.42 Å². The van der Waals surface area contributed by atoms with Gasteiger partial charge in [-0.25, -0.2) is 4.98 Å². The number of anilines is 1. The highest BCUT2D eigenvalue weighted by Crippen LogP contribution is 2.24. The lowest BCUT2D eigenvalue weighted by Crippen LogP contribution is -2.09. The third-order valence-electron chi connectivity index (χ3n) is 3.13. The number of hydrogen-bond donors (Lipinski definition) is 1. The number of nitrogens with one attached hydrogen (secondary N) is 1. The predicted octanol–water partition coefficient (Wildman–Crippen LogP) is 3.80. The van der Waals surface area contributed by atoms with Crippen LogP contribution in [0.5, 0.6) is 0 Å². The lowest BCUT2D eigenvalue weighted by Gasteiger charge is -2.13. The number of nitrogens with zero attached hydrogens (tertiary/aromatic N) is 2. The van der Waals surface area contributed by atoms with Crippen molar-refractivity contribution in [1.82, 2.24) is 4.98 Å². The molecule has 0 aliphatic rings. The smallest absolute Gasteiger partial charge is 0.272 e. The van der Waals surface area contributed by atoms with Crippen molar-refractivity contribution in [2.24, 2.45) is 0 Å². The van der Waals surface area contributed by atoms with Gasteiger partial charge in [0, 0.05) is 22.7 Å². The van der Waals surface area contributed by atoms with Gasteiger partial charge in [-0.2, -0.15) is 0 Å². The second-order valence-corrected chi connectivity index (χ2v) is 5.98. The first-order chi connectivity index (χ1) is 9.77. The number of oxazole rings is 1. The van der Waals surface area contributed by atoms with E-state index in [1.54, 1.807) is 25.3 Å². The average molecular weight is 289 g/mol. The van der Waals surface area contributed by atoms with Gasteiger partial charge >= 0.3 is 0 Å². The van der Waals surface area contributed by atoms with Crippen LogP contribution in [0.15, 0.2) is 28.8 Å². The van der Waals surface area contributed by atoms with Gasteiger partial charge in [0.1, 0.15) is 5.76 Å². The molecule has 6 heteroatoms. The topological polar surface area (TPSA) is 81.2 Å². The first-order valence-electron chi connectivity index (χ1n) is 6.71. The summed E-state index contributed by atoms with van der Waals surface area (Å²) in [5.41, 5.74) is 1.46. The zero-order chi connectivity index (χ0) is 15.6. The zero-order valence-electron chi connectivity index (χ0n) is 12.6. The summed E-state index contributed by atoms with van der Waals surface area (Å²) in [6.07, 6.45) is 1.73. The van der Waals surface area contributed by atoms with Crippen LogP contribution in [0.3, 0.4) is 0 Å². The zero-order valence-corrected chi connectivity index (χ0v) is 12.6. The molecule has 0 fully saturated rings. The van der Waals surface area contributed by atoms with Gasteiger partial charge in [0.2, 0.25) is 5.89 Å². The van der Waals surface area contributed by atoms with Crippen molar-refractivity contribution in [2.75, 3.05) is 5.32 Å². The third-order valence-corrected chi connectivity index (χ3v) is 3.13. The largest absolute Gasteiger partial charge is 0.443 e. The fourth-order valence-corrected chi connectivity index (χ4v) is 1.89. The fourth-order valence-electron chi connectivity index (χ4n) is 1.89. The molecule has 0 amide bonds. The van der Waals surface area contributed by atoms with Crippen molar-refractivity contribution < 1.29 is 9.34 Å². The van der Waals surface area contributed by atoms with Gasteiger partial charge in [-0.15, -0.1) is 0 Å².